The summed E-state index contributed by atoms with van der Waals surface area (Å²) in [6.07, 6.45) is 2.30. The van der Waals surface area contributed by atoms with Gasteiger partial charge in [-0.2, -0.15) is 0 Å². The Labute approximate surface area is 287 Å². The van der Waals surface area contributed by atoms with Gasteiger partial charge in [-0.05, 0) is 91.3 Å². The first-order valence-electron chi connectivity index (χ1n) is 14.3. The van der Waals surface area contributed by atoms with Crippen molar-refractivity contribution in [2.24, 2.45) is 0 Å². The molecule has 4 rings (SSSR count). The highest BCUT2D eigenvalue weighted by Gasteiger charge is 2.13. The monoisotopic (exact) mass is 678 g/mol. The van der Waals surface area contributed by atoms with Gasteiger partial charge in [-0.3, -0.25) is 0 Å². The second kappa shape index (κ2) is 18.3. The van der Waals surface area contributed by atoms with E-state index >= 15 is 0 Å². The molecule has 0 N–H and O–H groups in total. The maximum absolute atomic E-state index is 12.9. The van der Waals surface area contributed by atoms with Gasteiger partial charge in [-0.25, -0.2) is 14.4 Å². The fourth-order valence-corrected chi connectivity index (χ4v) is 5.97. The van der Waals surface area contributed by atoms with Crippen molar-refractivity contribution in [3.8, 4) is 29.4 Å². The van der Waals surface area contributed by atoms with Crippen molar-refractivity contribution in [1.82, 2.24) is 0 Å². The van der Waals surface area contributed by atoms with E-state index < -0.39 is 17.9 Å². The maximum atomic E-state index is 12.9. The number of benzene rings is 3. The van der Waals surface area contributed by atoms with Gasteiger partial charge in [0.2, 0.25) is 0 Å². The minimum atomic E-state index is -0.443. The van der Waals surface area contributed by atoms with Crippen LogP contribution in [0.3, 0.4) is 0 Å². The smallest absolute Gasteiger partial charge is 0.353 e. The lowest BCUT2D eigenvalue weighted by molar-refractivity contribution is -0.138. The second-order valence-corrected chi connectivity index (χ2v) is 12.9. The summed E-state index contributed by atoms with van der Waals surface area (Å²) in [7, 11) is 0. The molecule has 4 aromatic rings. The van der Waals surface area contributed by atoms with E-state index in [1.165, 1.54) is 11.3 Å². The highest BCUT2D eigenvalue weighted by Crippen LogP contribution is 2.24. The number of thioether (sulfide) groups is 2. The number of rotatable bonds is 12. The Bertz CT molecular complexity index is 1870. The SMILES string of the molecule is C=CC(=O)OCCSc1ccc(C#Cc2ccc(OC(=O)c3ccc(C#Cc4ccc(SCCOC(=O)C=C)cc4)s3)c(C)c2)cc1. The van der Waals surface area contributed by atoms with E-state index in [1.54, 1.807) is 41.7 Å². The molecule has 0 aliphatic rings. The number of thiophene rings is 1. The zero-order valence-corrected chi connectivity index (χ0v) is 28.0. The number of hydrogen-bond acceptors (Lipinski definition) is 9. The predicted molar refractivity (Wildman–Crippen MR) is 189 cm³/mol. The molecule has 9 heteroatoms. The van der Waals surface area contributed by atoms with Crippen molar-refractivity contribution >= 4 is 52.8 Å². The molecule has 236 valence electrons. The molecule has 0 spiro atoms. The van der Waals surface area contributed by atoms with Crippen LogP contribution in [0.2, 0.25) is 0 Å². The van der Waals surface area contributed by atoms with E-state index in [1.807, 2.05) is 67.6 Å². The summed E-state index contributed by atoms with van der Waals surface area (Å²) >= 11 is 4.45. The first-order chi connectivity index (χ1) is 22.8. The summed E-state index contributed by atoms with van der Waals surface area (Å²) < 4.78 is 15.6. The molecule has 0 saturated heterocycles. The zero-order chi connectivity index (χ0) is 33.4. The average Bonchev–Trinajstić information content (AvgIpc) is 3.58. The number of hydrogen-bond donors (Lipinski definition) is 0. The molecule has 0 aliphatic heterocycles. The molecule has 0 saturated carbocycles. The van der Waals surface area contributed by atoms with Gasteiger partial charge in [0.25, 0.3) is 0 Å². The summed E-state index contributed by atoms with van der Waals surface area (Å²) in [4.78, 5) is 38.4. The van der Waals surface area contributed by atoms with Crippen molar-refractivity contribution in [3.63, 3.8) is 0 Å². The van der Waals surface area contributed by atoms with Crippen LogP contribution in [0.1, 0.15) is 36.8 Å². The van der Waals surface area contributed by atoms with Crippen LogP contribution in [-0.4, -0.2) is 42.6 Å². The number of carbonyl (C=O) groups excluding carboxylic acids is 3. The van der Waals surface area contributed by atoms with Gasteiger partial charge in [0.15, 0.2) is 0 Å². The Kier molecular flexibility index (Phi) is 13.6. The van der Waals surface area contributed by atoms with Crippen LogP contribution in [0.5, 0.6) is 5.75 Å². The van der Waals surface area contributed by atoms with Gasteiger partial charge >= 0.3 is 17.9 Å². The number of aryl methyl sites for hydroxylation is 1. The molecule has 47 heavy (non-hydrogen) atoms. The minimum absolute atomic E-state index is 0.317. The van der Waals surface area contributed by atoms with Crippen molar-refractivity contribution < 1.29 is 28.6 Å². The summed E-state index contributed by atoms with van der Waals surface area (Å²) in [5.41, 5.74) is 3.32. The molecule has 0 atom stereocenters. The molecule has 0 aliphatic carbocycles. The van der Waals surface area contributed by atoms with Crippen LogP contribution < -0.4 is 4.74 Å². The normalized spacial score (nSPS) is 9.98. The zero-order valence-electron chi connectivity index (χ0n) is 25.6. The van der Waals surface area contributed by atoms with E-state index in [9.17, 15) is 14.4 Å². The highest BCUT2D eigenvalue weighted by atomic mass is 32.2. The van der Waals surface area contributed by atoms with Crippen LogP contribution >= 0.6 is 34.9 Å². The van der Waals surface area contributed by atoms with Crippen LogP contribution in [0.15, 0.2) is 114 Å². The van der Waals surface area contributed by atoms with Crippen LogP contribution in [0, 0.1) is 30.6 Å². The first kappa shape index (κ1) is 34.9. The lowest BCUT2D eigenvalue weighted by Gasteiger charge is -2.06. The standard InChI is InChI=1S/C38H30O6S3/c1-4-36(39)42-22-24-45-31-14-8-28(9-15-31)6-7-30-13-20-34(27(3)26-30)44-38(41)35-21-19-33(47-35)18-12-29-10-16-32(17-11-29)46-25-23-43-37(40)5-2/h4-5,8-11,13-17,19-21,26H,1-2,22-25H2,3H3. The first-order valence-corrected chi connectivity index (χ1v) is 17.1. The Balaban J connectivity index is 1.27. The van der Waals surface area contributed by atoms with Gasteiger partial charge in [-0.15, -0.1) is 34.9 Å². The number of ether oxygens (including phenoxy) is 3. The Morgan fingerprint density at radius 1 is 0.702 bits per heavy atom. The second-order valence-electron chi connectivity index (χ2n) is 9.52. The van der Waals surface area contributed by atoms with Gasteiger partial charge in [0, 0.05) is 50.1 Å². The molecule has 0 radical (unpaired) electrons. The molecular weight excluding hydrogens is 649 g/mol. The fraction of sp³-hybridized carbons (Fsp3) is 0.132. The van der Waals surface area contributed by atoms with Gasteiger partial charge in [-0.1, -0.05) is 36.8 Å². The van der Waals surface area contributed by atoms with E-state index in [2.05, 4.69) is 36.8 Å². The van der Waals surface area contributed by atoms with E-state index in [0.717, 1.165) is 49.1 Å². The third kappa shape index (κ3) is 11.7. The van der Waals surface area contributed by atoms with Crippen molar-refractivity contribution in [2.45, 2.75) is 16.7 Å². The minimum Gasteiger partial charge on any atom is -0.462 e. The number of esters is 3. The molecule has 1 aromatic heterocycles. The van der Waals surface area contributed by atoms with E-state index in [0.29, 0.717) is 35.3 Å². The molecule has 0 bridgehead atoms. The maximum Gasteiger partial charge on any atom is 0.353 e. The summed E-state index contributed by atoms with van der Waals surface area (Å²) in [5, 5.41) is 0. The number of carbonyl (C=O) groups is 3. The summed E-state index contributed by atoms with van der Waals surface area (Å²) in [6, 6.07) is 24.6. The molecule has 0 amide bonds. The van der Waals surface area contributed by atoms with Crippen LogP contribution in [0.25, 0.3) is 0 Å². The molecule has 0 fully saturated rings. The third-order valence-electron chi connectivity index (χ3n) is 6.10. The van der Waals surface area contributed by atoms with Crippen molar-refractivity contribution in [1.29, 1.82) is 0 Å². The van der Waals surface area contributed by atoms with Crippen LogP contribution in [-0.2, 0) is 19.1 Å². The summed E-state index contributed by atoms with van der Waals surface area (Å²) in [5.74, 6) is 13.0. The lowest BCUT2D eigenvalue weighted by atomic mass is 10.1. The van der Waals surface area contributed by atoms with E-state index in [4.69, 9.17) is 14.2 Å². The summed E-state index contributed by atoms with van der Waals surface area (Å²) in [6.45, 7) is 9.27. The topological polar surface area (TPSA) is 78.9 Å². The highest BCUT2D eigenvalue weighted by molar-refractivity contribution is 7.99. The van der Waals surface area contributed by atoms with Crippen LogP contribution in [0.4, 0.5) is 0 Å². The Hall–Kier alpha value is -4.93. The van der Waals surface area contributed by atoms with Gasteiger partial charge < -0.3 is 14.2 Å². The Morgan fingerprint density at radius 3 is 1.74 bits per heavy atom. The molecular formula is C38H30O6S3. The largest absolute Gasteiger partial charge is 0.462 e. The van der Waals surface area contributed by atoms with Gasteiger partial charge in [0.05, 0.1) is 4.88 Å². The van der Waals surface area contributed by atoms with E-state index in [-0.39, 0.29) is 0 Å². The third-order valence-corrected chi connectivity index (χ3v) is 9.03. The molecule has 3 aromatic carbocycles. The van der Waals surface area contributed by atoms with Crippen molar-refractivity contribution in [2.75, 3.05) is 24.7 Å². The molecule has 1 heterocycles. The quantitative estimate of drug-likeness (QED) is 0.0377. The fourth-order valence-electron chi connectivity index (χ4n) is 3.78. The lowest BCUT2D eigenvalue weighted by Crippen LogP contribution is -2.07. The average molecular weight is 679 g/mol. The molecule has 0 unspecified atom stereocenters. The molecule has 6 nitrogen and oxygen atoms in total. The van der Waals surface area contributed by atoms with Crippen molar-refractivity contribution in [3.05, 3.63) is 136 Å². The Morgan fingerprint density at radius 2 is 1.21 bits per heavy atom. The predicted octanol–water partition coefficient (Wildman–Crippen LogP) is 7.72. The van der Waals surface area contributed by atoms with Gasteiger partial charge in [0.1, 0.15) is 23.8 Å².